The number of aromatic amines is 1. The van der Waals surface area contributed by atoms with Crippen molar-refractivity contribution in [2.75, 3.05) is 32.9 Å². The van der Waals surface area contributed by atoms with E-state index in [4.69, 9.17) is 19.9 Å². The van der Waals surface area contributed by atoms with Crippen LogP contribution in [0.5, 0.6) is 5.88 Å². The Labute approximate surface area is 234 Å². The van der Waals surface area contributed by atoms with Crippen LogP contribution in [0.15, 0.2) is 16.1 Å². The van der Waals surface area contributed by atoms with E-state index in [1.54, 1.807) is 4.57 Å². The standard InChI is InChI=1S/C29H42N6O5/c1-3-9-19(21(30)20-10-5-6-13-29(20)39-16-17-40-29)23(36)25-31-24-22(35(4-2)27(37)33-24)26(32-25)38-18-28-11-7-14-34(28)15-8-12-28/h20H,3-18,30H2,1-2H3,(H,31,32,33,37)/b21-19-. The first-order chi connectivity index (χ1) is 19.4. The second-order valence-electron chi connectivity index (χ2n) is 11.8. The predicted molar refractivity (Wildman–Crippen MR) is 149 cm³/mol. The van der Waals surface area contributed by atoms with Crippen molar-refractivity contribution in [3.05, 3.63) is 27.6 Å². The normalized spacial score (nSPS) is 24.5. The van der Waals surface area contributed by atoms with Gasteiger partial charge in [-0.05, 0) is 65.0 Å². The van der Waals surface area contributed by atoms with Crippen LogP contribution in [-0.2, 0) is 16.0 Å². The summed E-state index contributed by atoms with van der Waals surface area (Å²) in [5.41, 5.74) is 8.30. The molecular formula is C29H42N6O5. The number of nitrogens with zero attached hydrogens (tertiary/aromatic N) is 4. The third-order valence-electron chi connectivity index (χ3n) is 9.47. The molecule has 5 heterocycles. The molecule has 0 aromatic carbocycles. The van der Waals surface area contributed by atoms with E-state index in [-0.39, 0.29) is 34.6 Å². The number of nitrogens with one attached hydrogen (secondary N) is 1. The van der Waals surface area contributed by atoms with Crippen molar-refractivity contribution in [1.29, 1.82) is 0 Å². The molecule has 2 aromatic rings. The van der Waals surface area contributed by atoms with E-state index in [1.165, 1.54) is 0 Å². The molecule has 0 amide bonds. The number of carbonyl (C=O) groups is 1. The molecule has 0 bridgehead atoms. The smallest absolute Gasteiger partial charge is 0.327 e. The van der Waals surface area contributed by atoms with Gasteiger partial charge in [0.2, 0.25) is 17.5 Å². The molecule has 4 fully saturated rings. The maximum absolute atomic E-state index is 14.1. The summed E-state index contributed by atoms with van der Waals surface area (Å²) < 4.78 is 20.2. The lowest BCUT2D eigenvalue weighted by Gasteiger charge is -2.40. The minimum Gasteiger partial charge on any atom is -0.474 e. The number of nitrogens with two attached hydrogens (primary N) is 1. The molecule has 40 heavy (non-hydrogen) atoms. The lowest BCUT2D eigenvalue weighted by molar-refractivity contribution is -0.203. The fourth-order valence-electron chi connectivity index (χ4n) is 7.51. The van der Waals surface area contributed by atoms with Gasteiger partial charge in [-0.3, -0.25) is 19.2 Å². The van der Waals surface area contributed by atoms with E-state index < -0.39 is 5.79 Å². The highest BCUT2D eigenvalue weighted by Crippen LogP contribution is 2.44. The van der Waals surface area contributed by atoms with Gasteiger partial charge in [-0.1, -0.05) is 19.8 Å². The summed E-state index contributed by atoms with van der Waals surface area (Å²) in [7, 11) is 0. The van der Waals surface area contributed by atoms with Gasteiger partial charge in [0, 0.05) is 24.2 Å². The van der Waals surface area contributed by atoms with Gasteiger partial charge in [-0.2, -0.15) is 4.98 Å². The number of hydrogen-bond donors (Lipinski definition) is 2. The highest BCUT2D eigenvalue weighted by atomic mass is 16.7. The molecular weight excluding hydrogens is 512 g/mol. The number of rotatable bonds is 9. The van der Waals surface area contributed by atoms with Crippen LogP contribution in [0.3, 0.4) is 0 Å². The minimum absolute atomic E-state index is 0.0104. The van der Waals surface area contributed by atoms with E-state index in [0.717, 1.165) is 70.9 Å². The number of ether oxygens (including phenoxy) is 3. The second-order valence-corrected chi connectivity index (χ2v) is 11.8. The maximum Gasteiger partial charge on any atom is 0.327 e. The van der Waals surface area contributed by atoms with Gasteiger partial charge in [0.1, 0.15) is 6.61 Å². The molecule has 1 saturated carbocycles. The fourth-order valence-corrected chi connectivity index (χ4v) is 7.51. The van der Waals surface area contributed by atoms with Crippen LogP contribution >= 0.6 is 0 Å². The zero-order valence-electron chi connectivity index (χ0n) is 23.8. The Bertz CT molecular complexity index is 1350. The molecule has 3 N–H and O–H groups in total. The number of ketones is 1. The minimum atomic E-state index is -0.766. The molecule has 11 heteroatoms. The number of imidazole rings is 1. The topological polar surface area (TPSA) is 138 Å². The molecule has 2 aromatic heterocycles. The van der Waals surface area contributed by atoms with Crippen molar-refractivity contribution >= 4 is 16.9 Å². The van der Waals surface area contributed by atoms with Gasteiger partial charge < -0.3 is 19.9 Å². The first-order valence-electron chi connectivity index (χ1n) is 15.1. The summed E-state index contributed by atoms with van der Waals surface area (Å²) in [6.07, 6.45) is 9.23. The Morgan fingerprint density at radius 2 is 1.85 bits per heavy atom. The SMILES string of the molecule is CCC/C(C(=O)c1nc(OCC23CCCN2CCC3)c2c(n1)[nH]c(=O)n2CC)=C(/N)C1CCCCC12OCCO2. The molecule has 4 aliphatic rings. The molecule has 1 spiro atoms. The largest absolute Gasteiger partial charge is 0.474 e. The molecule has 1 atom stereocenters. The fraction of sp³-hybridized carbons (Fsp3) is 0.724. The number of Topliss-reactive ketones (excluding diaryl/α,β-unsaturated/α-hetero) is 1. The summed E-state index contributed by atoms with van der Waals surface area (Å²) >= 11 is 0. The molecule has 11 nitrogen and oxygen atoms in total. The quantitative estimate of drug-likeness (QED) is 0.353. The zero-order valence-corrected chi connectivity index (χ0v) is 23.8. The summed E-state index contributed by atoms with van der Waals surface area (Å²) in [5.74, 6) is -1.05. The highest BCUT2D eigenvalue weighted by Gasteiger charge is 2.48. The van der Waals surface area contributed by atoms with E-state index in [9.17, 15) is 9.59 Å². The Morgan fingerprint density at radius 1 is 1.10 bits per heavy atom. The van der Waals surface area contributed by atoms with Crippen molar-refractivity contribution in [3.63, 3.8) is 0 Å². The van der Waals surface area contributed by atoms with Gasteiger partial charge in [0.15, 0.2) is 17.0 Å². The Balaban J connectivity index is 1.39. The van der Waals surface area contributed by atoms with E-state index in [2.05, 4.69) is 19.9 Å². The molecule has 6 rings (SSSR count). The summed E-state index contributed by atoms with van der Waals surface area (Å²) in [6, 6.07) is 0. The average molecular weight is 555 g/mol. The molecule has 1 aliphatic carbocycles. The van der Waals surface area contributed by atoms with Crippen LogP contribution in [0.25, 0.3) is 11.2 Å². The van der Waals surface area contributed by atoms with Crippen LogP contribution in [-0.4, -0.2) is 74.4 Å². The number of H-pyrrole nitrogens is 1. The van der Waals surface area contributed by atoms with Crippen molar-refractivity contribution in [3.8, 4) is 5.88 Å². The Kier molecular flexibility index (Phi) is 7.47. The van der Waals surface area contributed by atoms with Gasteiger partial charge in [-0.15, -0.1) is 0 Å². The van der Waals surface area contributed by atoms with Gasteiger partial charge in [0.05, 0.1) is 24.7 Å². The number of fused-ring (bicyclic) bond motifs is 2. The lowest BCUT2D eigenvalue weighted by Crippen LogP contribution is -2.45. The Morgan fingerprint density at radius 3 is 2.55 bits per heavy atom. The number of aromatic nitrogens is 4. The number of carbonyl (C=O) groups excluding carboxylic acids is 1. The maximum atomic E-state index is 14.1. The first kappa shape index (κ1) is 27.4. The average Bonchev–Trinajstić information content (AvgIpc) is 3.73. The molecule has 3 saturated heterocycles. The third-order valence-corrected chi connectivity index (χ3v) is 9.47. The van der Waals surface area contributed by atoms with Crippen molar-refractivity contribution in [2.45, 2.75) is 95.9 Å². The molecule has 0 radical (unpaired) electrons. The monoisotopic (exact) mass is 554 g/mol. The molecule has 3 aliphatic heterocycles. The van der Waals surface area contributed by atoms with E-state index in [1.807, 2.05) is 13.8 Å². The Hall–Kier alpha value is -2.76. The predicted octanol–water partition coefficient (Wildman–Crippen LogP) is 3.28. The van der Waals surface area contributed by atoms with Crippen molar-refractivity contribution in [2.24, 2.45) is 11.7 Å². The van der Waals surface area contributed by atoms with E-state index in [0.29, 0.717) is 55.2 Å². The highest BCUT2D eigenvalue weighted by molar-refractivity contribution is 6.07. The number of hydrogen-bond acceptors (Lipinski definition) is 9. The van der Waals surface area contributed by atoms with Gasteiger partial charge in [-0.25, -0.2) is 9.78 Å². The van der Waals surface area contributed by atoms with E-state index >= 15 is 0 Å². The summed E-state index contributed by atoms with van der Waals surface area (Å²) in [4.78, 5) is 41.4. The summed E-state index contributed by atoms with van der Waals surface area (Å²) in [6.45, 7) is 8.03. The van der Waals surface area contributed by atoms with Crippen LogP contribution < -0.4 is 16.2 Å². The number of aryl methyl sites for hydroxylation is 1. The van der Waals surface area contributed by atoms with Crippen molar-refractivity contribution < 1.29 is 19.0 Å². The van der Waals surface area contributed by atoms with Gasteiger partial charge in [0.25, 0.3) is 0 Å². The molecule has 218 valence electrons. The molecule has 1 unspecified atom stereocenters. The second kappa shape index (κ2) is 10.9. The zero-order chi connectivity index (χ0) is 27.9. The summed E-state index contributed by atoms with van der Waals surface area (Å²) in [5, 5.41) is 0. The van der Waals surface area contributed by atoms with Gasteiger partial charge >= 0.3 is 5.69 Å². The van der Waals surface area contributed by atoms with Crippen LogP contribution in [0.2, 0.25) is 0 Å². The van der Waals surface area contributed by atoms with Crippen LogP contribution in [0.1, 0.15) is 88.7 Å². The number of allylic oxidation sites excluding steroid dienone is 1. The van der Waals surface area contributed by atoms with Crippen LogP contribution in [0, 0.1) is 5.92 Å². The van der Waals surface area contributed by atoms with Crippen molar-refractivity contribution in [1.82, 2.24) is 24.4 Å². The van der Waals surface area contributed by atoms with Crippen LogP contribution in [0.4, 0.5) is 0 Å². The first-order valence-corrected chi connectivity index (χ1v) is 15.1. The lowest BCUT2D eigenvalue weighted by atomic mass is 9.79. The third kappa shape index (κ3) is 4.55.